The predicted octanol–water partition coefficient (Wildman–Crippen LogP) is 4.60. The largest absolute Gasteiger partial charge is 0.481 e. The van der Waals surface area contributed by atoms with Gasteiger partial charge in [-0.05, 0) is 53.9 Å². The van der Waals surface area contributed by atoms with E-state index >= 15 is 0 Å². The summed E-state index contributed by atoms with van der Waals surface area (Å²) in [4.78, 5) is 36.2. The fourth-order valence-electron chi connectivity index (χ4n) is 6.12. The number of alkyl carbamates (subject to hydrolysis) is 1. The summed E-state index contributed by atoms with van der Waals surface area (Å²) in [6.07, 6.45) is 4.72. The van der Waals surface area contributed by atoms with Crippen LogP contribution in [0.25, 0.3) is 11.1 Å². The molecule has 3 aliphatic carbocycles. The number of fused-ring (bicyclic) bond motifs is 3. The number of carbonyl (C=O) groups is 3. The van der Waals surface area contributed by atoms with Gasteiger partial charge in [-0.3, -0.25) is 9.59 Å². The van der Waals surface area contributed by atoms with E-state index in [4.69, 9.17) is 4.74 Å². The molecule has 0 heterocycles. The van der Waals surface area contributed by atoms with Crippen molar-refractivity contribution in [2.75, 3.05) is 6.61 Å². The van der Waals surface area contributed by atoms with Crippen molar-refractivity contribution in [3.05, 3.63) is 59.7 Å². The number of ether oxygens (including phenoxy) is 1. The molecule has 0 bridgehead atoms. The molecule has 3 aliphatic rings. The Morgan fingerprint density at radius 2 is 1.54 bits per heavy atom. The summed E-state index contributed by atoms with van der Waals surface area (Å²) in [6.45, 7) is 0.282. The molecule has 184 valence electrons. The molecule has 0 aromatic heterocycles. The summed E-state index contributed by atoms with van der Waals surface area (Å²) < 4.78 is 5.62. The van der Waals surface area contributed by atoms with Crippen molar-refractivity contribution in [1.29, 1.82) is 0 Å². The van der Waals surface area contributed by atoms with Crippen LogP contribution < -0.4 is 10.6 Å². The van der Waals surface area contributed by atoms with Gasteiger partial charge in [0.25, 0.3) is 0 Å². The van der Waals surface area contributed by atoms with Gasteiger partial charge in [-0.25, -0.2) is 4.79 Å². The predicted molar refractivity (Wildman–Crippen MR) is 131 cm³/mol. The van der Waals surface area contributed by atoms with Crippen LogP contribution >= 0.6 is 0 Å². The van der Waals surface area contributed by atoms with E-state index in [-0.39, 0.29) is 36.8 Å². The zero-order valence-corrected chi connectivity index (χ0v) is 19.8. The van der Waals surface area contributed by atoms with E-state index in [9.17, 15) is 19.5 Å². The molecule has 2 aromatic rings. The smallest absolute Gasteiger partial charge is 0.407 e. The molecule has 2 saturated carbocycles. The Hall–Kier alpha value is -3.35. The molecular formula is C28H32N2O5. The molecule has 35 heavy (non-hydrogen) atoms. The van der Waals surface area contributed by atoms with Crippen molar-refractivity contribution in [1.82, 2.24) is 10.6 Å². The zero-order valence-electron chi connectivity index (χ0n) is 19.8. The summed E-state index contributed by atoms with van der Waals surface area (Å²) in [5.41, 5.74) is 4.16. The second-order valence-electron chi connectivity index (χ2n) is 10.3. The van der Waals surface area contributed by atoms with Gasteiger partial charge in [0.15, 0.2) is 0 Å². The number of hydrogen-bond acceptors (Lipinski definition) is 4. The molecule has 2 aromatic carbocycles. The number of nitrogens with one attached hydrogen (secondary N) is 2. The molecule has 0 unspecified atom stereocenters. The third-order valence-electron chi connectivity index (χ3n) is 7.83. The van der Waals surface area contributed by atoms with E-state index in [0.717, 1.165) is 38.5 Å². The lowest BCUT2D eigenvalue weighted by molar-refractivity contribution is -0.139. The average Bonchev–Trinajstić information content (AvgIpc) is 3.38. The number of carboxylic acids is 1. The second kappa shape index (κ2) is 9.72. The Kier molecular flexibility index (Phi) is 6.50. The van der Waals surface area contributed by atoms with Crippen LogP contribution in [-0.4, -0.2) is 41.3 Å². The van der Waals surface area contributed by atoms with E-state index in [0.29, 0.717) is 6.42 Å². The summed E-state index contributed by atoms with van der Waals surface area (Å²) >= 11 is 0. The van der Waals surface area contributed by atoms with Crippen molar-refractivity contribution >= 4 is 18.0 Å². The fraction of sp³-hybridized carbons (Fsp3) is 0.464. The lowest BCUT2D eigenvalue weighted by Gasteiger charge is -2.36. The molecule has 0 spiro atoms. The lowest BCUT2D eigenvalue weighted by atomic mass is 9.78. The molecule has 2 amide bonds. The molecular weight excluding hydrogens is 444 g/mol. The average molecular weight is 477 g/mol. The SMILES string of the molecule is O=C(O)CC1(NC(=O)CC2CC(NC(=O)OCC3c4ccccc4-c4ccccc43)C2)CCCC1. The van der Waals surface area contributed by atoms with Gasteiger partial charge in [-0.2, -0.15) is 0 Å². The Morgan fingerprint density at radius 1 is 0.943 bits per heavy atom. The third kappa shape index (κ3) is 5.04. The van der Waals surface area contributed by atoms with Crippen molar-refractivity contribution < 1.29 is 24.2 Å². The molecule has 0 radical (unpaired) electrons. The second-order valence-corrected chi connectivity index (χ2v) is 10.3. The molecule has 7 heteroatoms. The highest BCUT2D eigenvalue weighted by atomic mass is 16.5. The molecule has 5 rings (SSSR count). The van der Waals surface area contributed by atoms with Crippen molar-refractivity contribution in [2.24, 2.45) is 5.92 Å². The Morgan fingerprint density at radius 3 is 2.14 bits per heavy atom. The maximum Gasteiger partial charge on any atom is 0.407 e. The van der Waals surface area contributed by atoms with Crippen LogP contribution in [0.3, 0.4) is 0 Å². The third-order valence-corrected chi connectivity index (χ3v) is 7.83. The van der Waals surface area contributed by atoms with Crippen molar-refractivity contribution in [3.63, 3.8) is 0 Å². The molecule has 2 fully saturated rings. The van der Waals surface area contributed by atoms with Gasteiger partial charge in [0.2, 0.25) is 5.91 Å². The van der Waals surface area contributed by atoms with Crippen molar-refractivity contribution in [2.45, 2.75) is 68.9 Å². The number of carboxylic acid groups (broad SMARTS) is 1. The number of benzene rings is 2. The number of carbonyl (C=O) groups excluding carboxylic acids is 2. The molecule has 0 saturated heterocycles. The van der Waals surface area contributed by atoms with E-state index in [2.05, 4.69) is 34.9 Å². The highest BCUT2D eigenvalue weighted by Gasteiger charge is 2.39. The van der Waals surface area contributed by atoms with Gasteiger partial charge in [0.05, 0.1) is 12.0 Å². The number of rotatable bonds is 8. The molecule has 0 aliphatic heterocycles. The molecule has 7 nitrogen and oxygen atoms in total. The van der Waals surface area contributed by atoms with Gasteiger partial charge < -0.3 is 20.5 Å². The minimum absolute atomic E-state index is 0.00270. The van der Waals surface area contributed by atoms with Gasteiger partial charge in [-0.1, -0.05) is 61.4 Å². The molecule has 0 atom stereocenters. The Labute approximate surface area is 205 Å². The maximum absolute atomic E-state index is 12.6. The van der Waals surface area contributed by atoms with E-state index in [1.54, 1.807) is 0 Å². The summed E-state index contributed by atoms with van der Waals surface area (Å²) in [5.74, 6) is -0.738. The highest BCUT2D eigenvalue weighted by Crippen LogP contribution is 2.44. The Balaban J connectivity index is 1.07. The van der Waals surface area contributed by atoms with Crippen molar-refractivity contribution in [3.8, 4) is 11.1 Å². The summed E-state index contributed by atoms with van der Waals surface area (Å²) in [6, 6.07) is 16.5. The lowest BCUT2D eigenvalue weighted by Crippen LogP contribution is -2.50. The molecule has 3 N–H and O–H groups in total. The van der Waals surface area contributed by atoms with E-state index < -0.39 is 17.6 Å². The van der Waals surface area contributed by atoms with Crippen LogP contribution in [0.4, 0.5) is 4.79 Å². The summed E-state index contributed by atoms with van der Waals surface area (Å²) in [7, 11) is 0. The number of hydrogen-bond donors (Lipinski definition) is 3. The first-order chi connectivity index (χ1) is 16.9. The maximum atomic E-state index is 12.6. The minimum atomic E-state index is -0.872. The standard InChI is InChI=1S/C28H32N2O5/c31-25(30-28(16-26(32)33)11-5-6-12-28)15-18-13-19(14-18)29-27(34)35-17-24-22-9-3-1-7-20(22)21-8-2-4-10-23(21)24/h1-4,7-10,18-19,24H,5-6,11-17H2,(H,29,34)(H,30,31)(H,32,33). The topological polar surface area (TPSA) is 105 Å². The first kappa shape index (κ1) is 23.4. The Bertz CT molecular complexity index is 1070. The van der Waals surface area contributed by atoms with Gasteiger partial charge in [-0.15, -0.1) is 0 Å². The first-order valence-corrected chi connectivity index (χ1v) is 12.6. The van der Waals surface area contributed by atoms with E-state index in [1.807, 2.05) is 24.3 Å². The van der Waals surface area contributed by atoms with Crippen LogP contribution in [0.1, 0.15) is 68.4 Å². The zero-order chi connectivity index (χ0) is 24.4. The van der Waals surface area contributed by atoms with Gasteiger partial charge in [0.1, 0.15) is 6.61 Å². The number of amides is 2. The van der Waals surface area contributed by atoms with E-state index in [1.165, 1.54) is 22.3 Å². The number of aliphatic carboxylic acids is 1. The van der Waals surface area contributed by atoms with Crippen LogP contribution in [0.5, 0.6) is 0 Å². The van der Waals surface area contributed by atoms with Gasteiger partial charge >= 0.3 is 12.1 Å². The fourth-order valence-corrected chi connectivity index (χ4v) is 6.12. The van der Waals surface area contributed by atoms with Crippen LogP contribution in [0, 0.1) is 5.92 Å². The quantitative estimate of drug-likeness (QED) is 0.517. The normalized spacial score (nSPS) is 21.9. The van der Waals surface area contributed by atoms with Crippen LogP contribution in [-0.2, 0) is 14.3 Å². The minimum Gasteiger partial charge on any atom is -0.481 e. The first-order valence-electron chi connectivity index (χ1n) is 12.6. The van der Waals surface area contributed by atoms with Crippen LogP contribution in [0.15, 0.2) is 48.5 Å². The monoisotopic (exact) mass is 476 g/mol. The summed E-state index contributed by atoms with van der Waals surface area (Å²) in [5, 5.41) is 15.2. The highest BCUT2D eigenvalue weighted by molar-refractivity contribution is 5.80. The van der Waals surface area contributed by atoms with Crippen LogP contribution in [0.2, 0.25) is 0 Å². The van der Waals surface area contributed by atoms with Gasteiger partial charge in [0, 0.05) is 18.4 Å².